The molecule has 0 saturated carbocycles. The summed E-state index contributed by atoms with van der Waals surface area (Å²) in [7, 11) is 2.08. The lowest BCUT2D eigenvalue weighted by molar-refractivity contribution is -0.134. The third-order valence-corrected chi connectivity index (χ3v) is 3.26. The van der Waals surface area contributed by atoms with Gasteiger partial charge in [-0.3, -0.25) is 9.48 Å². The molecule has 1 amide bonds. The van der Waals surface area contributed by atoms with Crippen LogP contribution in [0.3, 0.4) is 0 Å². The number of carbonyl (C=O) groups excluding carboxylic acids is 1. The molecule has 0 aliphatic carbocycles. The summed E-state index contributed by atoms with van der Waals surface area (Å²) in [6.45, 7) is 4.90. The monoisotopic (exact) mass is 237 g/mol. The van der Waals surface area contributed by atoms with E-state index in [1.165, 1.54) is 0 Å². The number of piperazine rings is 1. The van der Waals surface area contributed by atoms with E-state index in [0.29, 0.717) is 11.7 Å². The zero-order valence-corrected chi connectivity index (χ0v) is 10.3. The maximum Gasteiger partial charge on any atom is 0.244 e. The van der Waals surface area contributed by atoms with Crippen molar-refractivity contribution >= 4 is 11.6 Å². The van der Waals surface area contributed by atoms with Gasteiger partial charge in [0.05, 0.1) is 11.9 Å². The third kappa shape index (κ3) is 2.76. The minimum Gasteiger partial charge on any atom is -0.396 e. The van der Waals surface area contributed by atoms with E-state index < -0.39 is 0 Å². The van der Waals surface area contributed by atoms with Crippen LogP contribution in [0.25, 0.3) is 0 Å². The molecule has 1 atom stereocenters. The molecule has 6 heteroatoms. The fraction of sp³-hybridized carbons (Fsp3) is 0.636. The lowest BCUT2D eigenvalue weighted by Gasteiger charge is -2.37. The van der Waals surface area contributed by atoms with Crippen molar-refractivity contribution in [1.82, 2.24) is 19.6 Å². The van der Waals surface area contributed by atoms with Gasteiger partial charge in [-0.15, -0.1) is 0 Å². The minimum absolute atomic E-state index is 0.105. The molecule has 0 aromatic carbocycles. The van der Waals surface area contributed by atoms with Crippen LogP contribution in [0.5, 0.6) is 0 Å². The number of aromatic nitrogens is 2. The van der Waals surface area contributed by atoms with Gasteiger partial charge in [0, 0.05) is 31.9 Å². The second-order valence-electron chi connectivity index (χ2n) is 4.64. The van der Waals surface area contributed by atoms with Gasteiger partial charge in [-0.1, -0.05) is 0 Å². The number of nitrogens with two attached hydrogens (primary N) is 1. The molecule has 1 aliphatic heterocycles. The molecule has 6 nitrogen and oxygen atoms in total. The molecule has 2 rings (SSSR count). The molecule has 1 saturated heterocycles. The Morgan fingerprint density at radius 1 is 1.59 bits per heavy atom. The smallest absolute Gasteiger partial charge is 0.244 e. The number of rotatable bonds is 2. The van der Waals surface area contributed by atoms with Crippen molar-refractivity contribution in [2.75, 3.05) is 32.4 Å². The number of hydrogen-bond donors (Lipinski definition) is 1. The van der Waals surface area contributed by atoms with Crippen molar-refractivity contribution in [2.45, 2.75) is 19.5 Å². The minimum atomic E-state index is 0.105. The fourth-order valence-electron chi connectivity index (χ4n) is 1.98. The van der Waals surface area contributed by atoms with E-state index in [1.54, 1.807) is 17.1 Å². The number of nitrogen functional groups attached to an aromatic ring is 1. The quantitative estimate of drug-likeness (QED) is 0.762. The first kappa shape index (κ1) is 11.9. The van der Waals surface area contributed by atoms with Gasteiger partial charge >= 0.3 is 0 Å². The molecule has 1 unspecified atom stereocenters. The van der Waals surface area contributed by atoms with Gasteiger partial charge in [0.25, 0.3) is 0 Å². The van der Waals surface area contributed by atoms with Gasteiger partial charge in [-0.2, -0.15) is 5.10 Å². The second kappa shape index (κ2) is 4.75. The van der Waals surface area contributed by atoms with Crippen LogP contribution < -0.4 is 5.73 Å². The molecule has 1 fully saturated rings. The van der Waals surface area contributed by atoms with Crippen molar-refractivity contribution in [1.29, 1.82) is 0 Å². The molecule has 17 heavy (non-hydrogen) atoms. The summed E-state index contributed by atoms with van der Waals surface area (Å²) in [5, 5.41) is 4.02. The van der Waals surface area contributed by atoms with Gasteiger partial charge in [0.1, 0.15) is 6.54 Å². The topological polar surface area (TPSA) is 67.4 Å². The van der Waals surface area contributed by atoms with Crippen LogP contribution in [0.1, 0.15) is 6.92 Å². The van der Waals surface area contributed by atoms with E-state index in [1.807, 2.05) is 4.90 Å². The van der Waals surface area contributed by atoms with Crippen molar-refractivity contribution < 1.29 is 4.79 Å². The summed E-state index contributed by atoms with van der Waals surface area (Å²) >= 11 is 0. The molecule has 0 radical (unpaired) electrons. The number of likely N-dealkylation sites (N-methyl/N-ethyl adjacent to an activating group) is 1. The summed E-state index contributed by atoms with van der Waals surface area (Å²) in [4.78, 5) is 16.2. The lowest BCUT2D eigenvalue weighted by atomic mass is 10.2. The van der Waals surface area contributed by atoms with Crippen LogP contribution >= 0.6 is 0 Å². The molecule has 2 N–H and O–H groups in total. The summed E-state index contributed by atoms with van der Waals surface area (Å²) in [6.07, 6.45) is 3.23. The molecular weight excluding hydrogens is 218 g/mol. The average molecular weight is 237 g/mol. The highest BCUT2D eigenvalue weighted by molar-refractivity contribution is 5.76. The molecule has 1 aliphatic rings. The number of carbonyl (C=O) groups is 1. The standard InChI is InChI=1S/C11H19N5O/c1-9-6-15(4-3-14(9)2)11(17)8-16-7-10(12)5-13-16/h5,7,9H,3-4,6,8,12H2,1-2H3. The number of amides is 1. The van der Waals surface area contributed by atoms with E-state index >= 15 is 0 Å². The summed E-state index contributed by atoms with van der Waals surface area (Å²) < 4.78 is 1.58. The van der Waals surface area contributed by atoms with Gasteiger partial charge in [-0.25, -0.2) is 0 Å². The van der Waals surface area contributed by atoms with Gasteiger partial charge in [0.15, 0.2) is 0 Å². The summed E-state index contributed by atoms with van der Waals surface area (Å²) in [5.74, 6) is 0.105. The van der Waals surface area contributed by atoms with Gasteiger partial charge < -0.3 is 15.5 Å². The summed E-state index contributed by atoms with van der Waals surface area (Å²) in [5.41, 5.74) is 6.15. The first-order chi connectivity index (χ1) is 8.06. The first-order valence-corrected chi connectivity index (χ1v) is 5.82. The Bertz CT molecular complexity index is 402. The first-order valence-electron chi connectivity index (χ1n) is 5.82. The maximum absolute atomic E-state index is 12.0. The molecule has 1 aromatic heterocycles. The Morgan fingerprint density at radius 3 is 2.94 bits per heavy atom. The highest BCUT2D eigenvalue weighted by Gasteiger charge is 2.24. The van der Waals surface area contributed by atoms with E-state index in [0.717, 1.165) is 19.6 Å². The Balaban J connectivity index is 1.92. The van der Waals surface area contributed by atoms with E-state index in [2.05, 4.69) is 24.0 Å². The third-order valence-electron chi connectivity index (χ3n) is 3.26. The largest absolute Gasteiger partial charge is 0.396 e. The van der Waals surface area contributed by atoms with Crippen molar-refractivity contribution in [2.24, 2.45) is 0 Å². The average Bonchev–Trinajstić information content (AvgIpc) is 2.68. The van der Waals surface area contributed by atoms with Crippen LogP contribution in [-0.2, 0) is 11.3 Å². The molecule has 0 bridgehead atoms. The van der Waals surface area contributed by atoms with E-state index in [9.17, 15) is 4.79 Å². The maximum atomic E-state index is 12.0. The Hall–Kier alpha value is -1.56. The molecule has 0 spiro atoms. The van der Waals surface area contributed by atoms with Crippen LogP contribution in [0.4, 0.5) is 5.69 Å². The molecular formula is C11H19N5O. The Morgan fingerprint density at radius 2 is 2.35 bits per heavy atom. The Kier molecular flexibility index (Phi) is 3.33. The number of hydrogen-bond acceptors (Lipinski definition) is 4. The molecule has 1 aromatic rings. The van der Waals surface area contributed by atoms with Crippen LogP contribution in [-0.4, -0.2) is 58.2 Å². The number of nitrogens with zero attached hydrogens (tertiary/aromatic N) is 4. The van der Waals surface area contributed by atoms with Crippen LogP contribution in [0.2, 0.25) is 0 Å². The molecule has 94 valence electrons. The lowest BCUT2D eigenvalue weighted by Crippen LogP contribution is -2.52. The highest BCUT2D eigenvalue weighted by atomic mass is 16.2. The summed E-state index contributed by atoms with van der Waals surface area (Å²) in [6, 6.07) is 0.412. The van der Waals surface area contributed by atoms with Crippen LogP contribution in [0.15, 0.2) is 12.4 Å². The fourth-order valence-corrected chi connectivity index (χ4v) is 1.98. The van der Waals surface area contributed by atoms with Crippen LogP contribution in [0, 0.1) is 0 Å². The second-order valence-corrected chi connectivity index (χ2v) is 4.64. The zero-order chi connectivity index (χ0) is 12.4. The normalized spacial score (nSPS) is 21.8. The van der Waals surface area contributed by atoms with Gasteiger partial charge in [0.2, 0.25) is 5.91 Å². The predicted molar refractivity (Wildman–Crippen MR) is 65.3 cm³/mol. The van der Waals surface area contributed by atoms with E-state index in [4.69, 9.17) is 5.73 Å². The molecule has 2 heterocycles. The van der Waals surface area contributed by atoms with Crippen molar-refractivity contribution in [3.63, 3.8) is 0 Å². The predicted octanol–water partition coefficient (Wildman–Crippen LogP) is -0.372. The van der Waals surface area contributed by atoms with Gasteiger partial charge in [-0.05, 0) is 14.0 Å². The van der Waals surface area contributed by atoms with Crippen molar-refractivity contribution in [3.8, 4) is 0 Å². The van der Waals surface area contributed by atoms with E-state index in [-0.39, 0.29) is 12.5 Å². The Labute approximate surface area is 101 Å². The number of anilines is 1. The highest BCUT2D eigenvalue weighted by Crippen LogP contribution is 2.08. The zero-order valence-electron chi connectivity index (χ0n) is 10.3. The SMILES string of the molecule is CC1CN(C(=O)Cn2cc(N)cn2)CCN1C. The van der Waals surface area contributed by atoms with Crippen molar-refractivity contribution in [3.05, 3.63) is 12.4 Å².